The molecule has 0 amide bonds. The Labute approximate surface area is 87.6 Å². The highest BCUT2D eigenvalue weighted by Gasteiger charge is 2.05. The molecule has 0 N–H and O–H groups in total. The molecular weight excluding hydrogens is 191 g/mol. The van der Waals surface area contributed by atoms with Gasteiger partial charge in [-0.05, 0) is 12.2 Å². The van der Waals surface area contributed by atoms with Crippen molar-refractivity contribution in [1.82, 2.24) is 0 Å². The van der Waals surface area contributed by atoms with Crippen molar-refractivity contribution in [3.05, 3.63) is 42.7 Å². The summed E-state index contributed by atoms with van der Waals surface area (Å²) in [6.45, 7) is 6.83. The van der Waals surface area contributed by atoms with Crippen molar-refractivity contribution in [3.8, 4) is 0 Å². The summed E-state index contributed by atoms with van der Waals surface area (Å²) in [4.78, 5) is 0. The average molecular weight is 208 g/mol. The number of rotatable bonds is 6. The maximum Gasteiger partial charge on any atom is 0.0837 e. The third-order valence-corrected chi connectivity index (χ3v) is 3.50. The molecule has 0 radical (unpaired) electrons. The third-order valence-electron chi connectivity index (χ3n) is 1.90. The SMILES string of the molecule is C=CP(OCCCC)c1ccccc1. The predicted molar refractivity (Wildman–Crippen MR) is 64.1 cm³/mol. The van der Waals surface area contributed by atoms with Gasteiger partial charge < -0.3 is 4.52 Å². The summed E-state index contributed by atoms with van der Waals surface area (Å²) in [5.41, 5.74) is 0. The molecule has 0 saturated heterocycles. The highest BCUT2D eigenvalue weighted by Crippen LogP contribution is 2.36. The summed E-state index contributed by atoms with van der Waals surface area (Å²) >= 11 is 0. The molecule has 1 aromatic carbocycles. The molecule has 0 heterocycles. The Morgan fingerprint density at radius 3 is 2.64 bits per heavy atom. The Kier molecular flexibility index (Phi) is 5.51. The molecule has 2 heteroatoms. The molecular formula is C12H17OP. The summed E-state index contributed by atoms with van der Waals surface area (Å²) in [7, 11) is -0.601. The second-order valence-corrected chi connectivity index (χ2v) is 4.82. The van der Waals surface area contributed by atoms with Gasteiger partial charge in [0.15, 0.2) is 0 Å². The van der Waals surface area contributed by atoms with E-state index in [-0.39, 0.29) is 0 Å². The molecule has 0 fully saturated rings. The summed E-state index contributed by atoms with van der Waals surface area (Å²) in [6.07, 6.45) is 2.30. The summed E-state index contributed by atoms with van der Waals surface area (Å²) in [5, 5.41) is 1.24. The lowest BCUT2D eigenvalue weighted by molar-refractivity contribution is 0.350. The van der Waals surface area contributed by atoms with Crippen LogP contribution in [-0.2, 0) is 4.52 Å². The van der Waals surface area contributed by atoms with Gasteiger partial charge in [-0.2, -0.15) is 0 Å². The van der Waals surface area contributed by atoms with Crippen LogP contribution in [-0.4, -0.2) is 6.61 Å². The first kappa shape index (κ1) is 11.4. The van der Waals surface area contributed by atoms with Crippen molar-refractivity contribution in [2.24, 2.45) is 0 Å². The summed E-state index contributed by atoms with van der Waals surface area (Å²) in [6, 6.07) is 10.3. The van der Waals surface area contributed by atoms with Crippen LogP contribution in [0.5, 0.6) is 0 Å². The van der Waals surface area contributed by atoms with E-state index >= 15 is 0 Å². The van der Waals surface area contributed by atoms with Gasteiger partial charge in [0, 0.05) is 5.30 Å². The molecule has 1 atom stereocenters. The van der Waals surface area contributed by atoms with Crippen LogP contribution in [0.15, 0.2) is 42.7 Å². The second-order valence-electron chi connectivity index (χ2n) is 3.03. The van der Waals surface area contributed by atoms with Gasteiger partial charge in [0.1, 0.15) is 0 Å². The first-order valence-corrected chi connectivity index (χ1v) is 6.31. The van der Waals surface area contributed by atoms with E-state index in [9.17, 15) is 0 Å². The van der Waals surface area contributed by atoms with Crippen molar-refractivity contribution < 1.29 is 4.52 Å². The summed E-state index contributed by atoms with van der Waals surface area (Å²) < 4.78 is 5.76. The zero-order valence-electron chi connectivity index (χ0n) is 8.65. The van der Waals surface area contributed by atoms with Gasteiger partial charge in [0.05, 0.1) is 14.8 Å². The molecule has 14 heavy (non-hydrogen) atoms. The molecule has 0 saturated carbocycles. The largest absolute Gasteiger partial charge is 0.350 e. The molecule has 76 valence electrons. The third kappa shape index (κ3) is 3.61. The molecule has 0 aliphatic carbocycles. The van der Waals surface area contributed by atoms with Crippen molar-refractivity contribution in [1.29, 1.82) is 0 Å². The van der Waals surface area contributed by atoms with E-state index in [4.69, 9.17) is 4.52 Å². The maximum atomic E-state index is 5.76. The Bertz CT molecular complexity index is 258. The molecule has 0 bridgehead atoms. The molecule has 0 spiro atoms. The fraction of sp³-hybridized carbons (Fsp3) is 0.333. The van der Waals surface area contributed by atoms with Gasteiger partial charge in [-0.3, -0.25) is 0 Å². The Morgan fingerprint density at radius 1 is 1.36 bits per heavy atom. The minimum absolute atomic E-state index is 0.601. The maximum absolute atomic E-state index is 5.76. The van der Waals surface area contributed by atoms with E-state index in [2.05, 4.69) is 25.6 Å². The minimum Gasteiger partial charge on any atom is -0.350 e. The van der Waals surface area contributed by atoms with Crippen LogP contribution >= 0.6 is 8.15 Å². The fourth-order valence-corrected chi connectivity index (χ4v) is 2.37. The van der Waals surface area contributed by atoms with Crippen molar-refractivity contribution in [3.63, 3.8) is 0 Å². The Hall–Kier alpha value is -0.650. The van der Waals surface area contributed by atoms with E-state index in [1.165, 1.54) is 11.7 Å². The molecule has 1 rings (SSSR count). The normalized spacial score (nSPS) is 12.4. The standard InChI is InChI=1S/C12H17OP/c1-3-5-11-13-14(4-2)12-9-7-6-8-10-12/h4,6-10H,2-3,5,11H2,1H3. The predicted octanol–water partition coefficient (Wildman–Crippen LogP) is 3.67. The van der Waals surface area contributed by atoms with Crippen LogP contribution in [0.25, 0.3) is 0 Å². The molecule has 1 unspecified atom stereocenters. The lowest BCUT2D eigenvalue weighted by Gasteiger charge is -2.13. The number of unbranched alkanes of at least 4 members (excludes halogenated alkanes) is 1. The first-order valence-electron chi connectivity index (χ1n) is 4.98. The quantitative estimate of drug-likeness (QED) is 0.512. The van der Waals surface area contributed by atoms with Gasteiger partial charge in [0.2, 0.25) is 0 Å². The van der Waals surface area contributed by atoms with Gasteiger partial charge in [-0.1, -0.05) is 50.3 Å². The zero-order valence-corrected chi connectivity index (χ0v) is 9.54. The van der Waals surface area contributed by atoms with E-state index in [1.807, 2.05) is 24.0 Å². The van der Waals surface area contributed by atoms with E-state index < -0.39 is 8.15 Å². The van der Waals surface area contributed by atoms with Gasteiger partial charge >= 0.3 is 0 Å². The molecule has 0 aliphatic rings. The van der Waals surface area contributed by atoms with Crippen molar-refractivity contribution in [2.75, 3.05) is 6.61 Å². The topological polar surface area (TPSA) is 9.23 Å². The smallest absolute Gasteiger partial charge is 0.0837 e. The lowest BCUT2D eigenvalue weighted by Crippen LogP contribution is -2.01. The zero-order chi connectivity index (χ0) is 10.2. The van der Waals surface area contributed by atoms with Gasteiger partial charge in [-0.15, -0.1) is 0 Å². The monoisotopic (exact) mass is 208 g/mol. The van der Waals surface area contributed by atoms with E-state index in [0.29, 0.717) is 0 Å². The minimum atomic E-state index is -0.601. The fourth-order valence-electron chi connectivity index (χ4n) is 1.11. The van der Waals surface area contributed by atoms with Crippen LogP contribution in [0, 0.1) is 0 Å². The molecule has 0 aromatic heterocycles. The van der Waals surface area contributed by atoms with E-state index in [0.717, 1.165) is 13.0 Å². The second kappa shape index (κ2) is 6.75. The molecule has 0 aliphatic heterocycles. The van der Waals surface area contributed by atoms with Crippen LogP contribution in [0.3, 0.4) is 0 Å². The number of hydrogen-bond donors (Lipinski definition) is 0. The highest BCUT2D eigenvalue weighted by molar-refractivity contribution is 7.63. The lowest BCUT2D eigenvalue weighted by atomic mass is 10.4. The number of hydrogen-bond acceptors (Lipinski definition) is 1. The summed E-state index contributed by atoms with van der Waals surface area (Å²) in [5.74, 6) is 1.92. The van der Waals surface area contributed by atoms with Crippen LogP contribution in [0.1, 0.15) is 19.8 Å². The first-order chi connectivity index (χ1) is 6.88. The van der Waals surface area contributed by atoms with Crippen molar-refractivity contribution in [2.45, 2.75) is 19.8 Å². The van der Waals surface area contributed by atoms with Crippen LogP contribution < -0.4 is 5.30 Å². The highest BCUT2D eigenvalue weighted by atomic mass is 31.1. The van der Waals surface area contributed by atoms with Crippen LogP contribution in [0.2, 0.25) is 0 Å². The number of benzene rings is 1. The van der Waals surface area contributed by atoms with Crippen molar-refractivity contribution >= 4 is 13.5 Å². The molecule has 1 nitrogen and oxygen atoms in total. The van der Waals surface area contributed by atoms with Crippen LogP contribution in [0.4, 0.5) is 0 Å². The Morgan fingerprint density at radius 2 is 2.07 bits per heavy atom. The van der Waals surface area contributed by atoms with Gasteiger partial charge in [-0.25, -0.2) is 0 Å². The molecule has 1 aromatic rings. The average Bonchev–Trinajstić information content (AvgIpc) is 2.26. The Balaban J connectivity index is 2.50. The van der Waals surface area contributed by atoms with E-state index in [1.54, 1.807) is 0 Å². The van der Waals surface area contributed by atoms with Gasteiger partial charge in [0.25, 0.3) is 0 Å².